The topological polar surface area (TPSA) is 57.5 Å². The fourth-order valence-electron chi connectivity index (χ4n) is 10.6. The van der Waals surface area contributed by atoms with Crippen LogP contribution in [0.2, 0.25) is 0 Å². The van der Waals surface area contributed by atoms with Crippen molar-refractivity contribution in [2.45, 2.75) is 119 Å². The number of hydrogen-bond donors (Lipinski definition) is 2. The van der Waals surface area contributed by atoms with Gasteiger partial charge in [-0.15, -0.1) is 0 Å². The third-order valence-corrected chi connectivity index (χ3v) is 13.0. The summed E-state index contributed by atoms with van der Waals surface area (Å²) in [6.07, 6.45) is 12.6. The molecule has 0 spiro atoms. The molecular weight excluding hydrogens is 408 g/mol. The Labute approximate surface area is 201 Å². The number of aliphatic hydroxyl groups excluding tert-OH is 1. The van der Waals surface area contributed by atoms with Gasteiger partial charge in [-0.25, -0.2) is 0 Å². The third kappa shape index (κ3) is 2.87. The zero-order chi connectivity index (χ0) is 24.2. The first-order chi connectivity index (χ1) is 15.1. The lowest BCUT2D eigenvalue weighted by Crippen LogP contribution is -2.65. The molecule has 2 N–H and O–H groups in total. The summed E-state index contributed by atoms with van der Waals surface area (Å²) in [6.45, 7) is 16.9. The Balaban J connectivity index is 1.60. The molecule has 5 aliphatic rings. The van der Waals surface area contributed by atoms with E-state index in [1.54, 1.807) is 0 Å². The molecule has 186 valence electrons. The van der Waals surface area contributed by atoms with Gasteiger partial charge >= 0.3 is 5.97 Å². The summed E-state index contributed by atoms with van der Waals surface area (Å²) in [5, 5.41) is 21.4. The van der Waals surface area contributed by atoms with E-state index in [1.807, 2.05) is 0 Å². The van der Waals surface area contributed by atoms with Crippen LogP contribution in [-0.2, 0) is 4.79 Å². The average molecular weight is 457 g/mol. The maximum atomic E-state index is 12.8. The maximum Gasteiger partial charge on any atom is 0.310 e. The third-order valence-electron chi connectivity index (χ3n) is 13.0. The number of fused-ring (bicyclic) bond motifs is 7. The Morgan fingerprint density at radius 3 is 2.21 bits per heavy atom. The van der Waals surface area contributed by atoms with Crippen molar-refractivity contribution in [3.63, 3.8) is 0 Å². The lowest BCUT2D eigenvalue weighted by atomic mass is 9.33. The first-order valence-corrected chi connectivity index (χ1v) is 13.8. The molecule has 4 fully saturated rings. The van der Waals surface area contributed by atoms with Crippen molar-refractivity contribution in [3.05, 3.63) is 11.6 Å². The monoisotopic (exact) mass is 456 g/mol. The van der Waals surface area contributed by atoms with Gasteiger partial charge in [0.2, 0.25) is 0 Å². The molecule has 3 heteroatoms. The summed E-state index contributed by atoms with van der Waals surface area (Å²) in [5.74, 6) is 0.807. The van der Waals surface area contributed by atoms with Crippen LogP contribution in [0.15, 0.2) is 11.6 Å². The van der Waals surface area contributed by atoms with E-state index in [9.17, 15) is 15.0 Å². The Morgan fingerprint density at radius 1 is 0.879 bits per heavy atom. The largest absolute Gasteiger partial charge is 0.481 e. The molecule has 0 amide bonds. The van der Waals surface area contributed by atoms with Crippen molar-refractivity contribution < 1.29 is 15.0 Å². The summed E-state index contributed by atoms with van der Waals surface area (Å²) in [7, 11) is 0. The van der Waals surface area contributed by atoms with Crippen LogP contribution >= 0.6 is 0 Å². The number of rotatable bonds is 1. The molecule has 0 aromatic heterocycles. The molecule has 4 saturated carbocycles. The second kappa shape index (κ2) is 6.89. The zero-order valence-corrected chi connectivity index (χ0v) is 22.3. The molecule has 3 nitrogen and oxygen atoms in total. The quantitative estimate of drug-likeness (QED) is 0.409. The van der Waals surface area contributed by atoms with Crippen molar-refractivity contribution in [2.24, 2.45) is 50.2 Å². The first-order valence-electron chi connectivity index (χ1n) is 13.8. The summed E-state index contributed by atoms with van der Waals surface area (Å²) in [6, 6.07) is 0. The second-order valence-corrected chi connectivity index (χ2v) is 15.1. The van der Waals surface area contributed by atoms with Crippen LogP contribution in [0.3, 0.4) is 0 Å². The van der Waals surface area contributed by atoms with Gasteiger partial charge in [-0.05, 0) is 109 Å². The minimum Gasteiger partial charge on any atom is -0.481 e. The standard InChI is InChI=1S/C30H48O3/c1-25(2)14-16-30(24(32)33)17-15-28(6)19(20(30)18-25)8-9-22-27(5)12-11-23(31)26(3,4)21(27)10-13-29(22,28)7/h8,20-23,31H,9-18H2,1-7H3,(H,32,33)/t20-,21-,22+,23-,27-,28+,29+,30-/m1/s1. The van der Waals surface area contributed by atoms with Crippen LogP contribution in [0, 0.1) is 50.2 Å². The highest BCUT2D eigenvalue weighted by atomic mass is 16.4. The predicted molar refractivity (Wildman–Crippen MR) is 133 cm³/mol. The van der Waals surface area contributed by atoms with Gasteiger partial charge in [0.1, 0.15) is 0 Å². The Hall–Kier alpha value is -0.830. The highest BCUT2D eigenvalue weighted by Crippen LogP contribution is 2.75. The molecule has 33 heavy (non-hydrogen) atoms. The van der Waals surface area contributed by atoms with E-state index in [1.165, 1.54) is 18.4 Å². The predicted octanol–water partition coefficient (Wildman–Crippen LogP) is 7.23. The summed E-state index contributed by atoms with van der Waals surface area (Å²) in [5.41, 5.74) is 1.68. The van der Waals surface area contributed by atoms with Crippen LogP contribution in [0.4, 0.5) is 0 Å². The second-order valence-electron chi connectivity index (χ2n) is 15.1. The van der Waals surface area contributed by atoms with E-state index in [4.69, 9.17) is 0 Å². The van der Waals surface area contributed by atoms with Crippen molar-refractivity contribution in [1.29, 1.82) is 0 Å². The van der Waals surface area contributed by atoms with Gasteiger partial charge in [0.05, 0.1) is 11.5 Å². The Morgan fingerprint density at radius 2 is 1.55 bits per heavy atom. The van der Waals surface area contributed by atoms with Gasteiger partial charge in [-0.3, -0.25) is 4.79 Å². The number of carbonyl (C=O) groups is 1. The van der Waals surface area contributed by atoms with Gasteiger partial charge in [0.25, 0.3) is 0 Å². The number of aliphatic hydroxyl groups is 1. The summed E-state index contributed by atoms with van der Waals surface area (Å²) < 4.78 is 0. The molecule has 0 saturated heterocycles. The minimum absolute atomic E-state index is 0.0301. The zero-order valence-electron chi connectivity index (χ0n) is 22.3. The fourth-order valence-corrected chi connectivity index (χ4v) is 10.6. The Bertz CT molecular complexity index is 885. The van der Waals surface area contributed by atoms with Crippen molar-refractivity contribution in [1.82, 2.24) is 0 Å². The molecule has 5 rings (SSSR count). The maximum absolute atomic E-state index is 12.8. The van der Waals surface area contributed by atoms with Crippen molar-refractivity contribution >= 4 is 5.97 Å². The molecule has 0 heterocycles. The molecule has 0 radical (unpaired) electrons. The molecular formula is C30H48O3. The highest BCUT2D eigenvalue weighted by Gasteiger charge is 2.69. The van der Waals surface area contributed by atoms with Gasteiger partial charge in [-0.2, -0.15) is 0 Å². The van der Waals surface area contributed by atoms with Crippen molar-refractivity contribution in [3.8, 4) is 0 Å². The van der Waals surface area contributed by atoms with Crippen LogP contribution in [0.25, 0.3) is 0 Å². The highest BCUT2D eigenvalue weighted by molar-refractivity contribution is 5.76. The molecule has 0 aliphatic heterocycles. The van der Waals surface area contributed by atoms with Gasteiger partial charge in [-0.1, -0.05) is 60.1 Å². The Kier molecular flexibility index (Phi) is 4.99. The van der Waals surface area contributed by atoms with Crippen LogP contribution < -0.4 is 0 Å². The number of carboxylic acid groups (broad SMARTS) is 1. The molecule has 5 aliphatic carbocycles. The van der Waals surface area contributed by atoms with E-state index < -0.39 is 11.4 Å². The first kappa shape index (κ1) is 23.9. The van der Waals surface area contributed by atoms with Crippen LogP contribution in [0.5, 0.6) is 0 Å². The lowest BCUT2D eigenvalue weighted by molar-refractivity contribution is -0.205. The molecule has 8 atom stereocenters. The summed E-state index contributed by atoms with van der Waals surface area (Å²) >= 11 is 0. The van der Waals surface area contributed by atoms with Crippen molar-refractivity contribution in [2.75, 3.05) is 0 Å². The van der Waals surface area contributed by atoms with E-state index in [2.05, 4.69) is 54.5 Å². The van der Waals surface area contributed by atoms with Gasteiger partial charge in [0.15, 0.2) is 0 Å². The smallest absolute Gasteiger partial charge is 0.310 e. The van der Waals surface area contributed by atoms with Crippen LogP contribution in [0.1, 0.15) is 113 Å². The van der Waals surface area contributed by atoms with E-state index >= 15 is 0 Å². The molecule has 0 unspecified atom stereocenters. The minimum atomic E-state index is -0.553. The fraction of sp³-hybridized carbons (Fsp3) is 0.900. The van der Waals surface area contributed by atoms with Gasteiger partial charge in [0, 0.05) is 0 Å². The van der Waals surface area contributed by atoms with E-state index in [0.717, 1.165) is 51.4 Å². The summed E-state index contributed by atoms with van der Waals surface area (Å²) in [4.78, 5) is 12.8. The number of allylic oxidation sites excluding steroid dienone is 2. The van der Waals surface area contributed by atoms with E-state index in [-0.39, 0.29) is 39.1 Å². The number of carboxylic acids is 1. The lowest BCUT2D eigenvalue weighted by Gasteiger charge is -2.71. The molecule has 0 aromatic carbocycles. The number of hydrogen-bond acceptors (Lipinski definition) is 2. The van der Waals surface area contributed by atoms with Gasteiger partial charge < -0.3 is 10.2 Å². The molecule has 0 aromatic rings. The molecule has 0 bridgehead atoms. The number of aliphatic carboxylic acids is 1. The average Bonchev–Trinajstić information content (AvgIpc) is 2.71. The normalized spacial score (nSPS) is 52.4. The van der Waals surface area contributed by atoms with E-state index in [0.29, 0.717) is 11.8 Å². The SMILES string of the molecule is CC1(C)CC[C@@]2(C(=O)O)CC[C@@]3(C)C(=CC[C@H]4[C@]5(C)CC[C@@H](O)C(C)(C)[C@H]5CC[C@@]43C)[C@H]2C1. The van der Waals surface area contributed by atoms with Crippen LogP contribution in [-0.4, -0.2) is 22.3 Å².